The van der Waals surface area contributed by atoms with Crippen LogP contribution in [0.1, 0.15) is 22.3 Å². The normalized spacial score (nSPS) is 19.4. The summed E-state index contributed by atoms with van der Waals surface area (Å²) >= 11 is 0. The van der Waals surface area contributed by atoms with E-state index < -0.39 is 29.1 Å². The number of esters is 2. The summed E-state index contributed by atoms with van der Waals surface area (Å²) in [6, 6.07) is 11.9. The number of carbonyl (C=O) groups excluding carboxylic acids is 2. The number of hydrogen-bond acceptors (Lipinski definition) is 8. The zero-order valence-corrected chi connectivity index (χ0v) is 16.1. The Kier molecular flexibility index (Phi) is 6.12. The fourth-order valence-corrected chi connectivity index (χ4v) is 2.94. The van der Waals surface area contributed by atoms with E-state index in [9.17, 15) is 24.8 Å². The number of cyclic esters (lactones) is 1. The first-order chi connectivity index (χ1) is 14.4. The molecule has 1 saturated heterocycles. The second-order valence-corrected chi connectivity index (χ2v) is 6.73. The lowest BCUT2D eigenvalue weighted by Gasteiger charge is -2.24. The SMILES string of the molecule is COc1ccc(C(=O)OCC2(CO)C/C(=C/c3ccc([N+](=O)[O-])cc3)C(=O)O2)cc1. The Hall–Kier alpha value is -3.72. The van der Waals surface area contributed by atoms with Crippen LogP contribution in [0.3, 0.4) is 0 Å². The van der Waals surface area contributed by atoms with E-state index >= 15 is 0 Å². The predicted molar refractivity (Wildman–Crippen MR) is 105 cm³/mol. The van der Waals surface area contributed by atoms with Gasteiger partial charge in [0.15, 0.2) is 5.60 Å². The lowest BCUT2D eigenvalue weighted by molar-refractivity contribution is -0.384. The average molecular weight is 413 g/mol. The minimum absolute atomic E-state index is 0.0230. The lowest BCUT2D eigenvalue weighted by atomic mass is 9.98. The lowest BCUT2D eigenvalue weighted by Crippen LogP contribution is -2.39. The van der Waals surface area contributed by atoms with Crippen LogP contribution >= 0.6 is 0 Å². The molecular formula is C21H19NO8. The molecule has 3 rings (SSSR count). The van der Waals surface area contributed by atoms with Crippen LogP contribution in [0.25, 0.3) is 6.08 Å². The van der Waals surface area contributed by atoms with Gasteiger partial charge in [-0.2, -0.15) is 0 Å². The summed E-state index contributed by atoms with van der Waals surface area (Å²) in [4.78, 5) is 34.7. The molecule has 0 aliphatic carbocycles. The minimum atomic E-state index is -1.38. The number of aliphatic hydroxyl groups is 1. The molecule has 2 aromatic rings. The van der Waals surface area contributed by atoms with Crippen molar-refractivity contribution in [1.29, 1.82) is 0 Å². The summed E-state index contributed by atoms with van der Waals surface area (Å²) in [6.45, 7) is -0.857. The van der Waals surface area contributed by atoms with Crippen molar-refractivity contribution in [2.75, 3.05) is 20.3 Å². The van der Waals surface area contributed by atoms with Gasteiger partial charge in [-0.1, -0.05) is 0 Å². The maximum absolute atomic E-state index is 12.2. The fraction of sp³-hybridized carbons (Fsp3) is 0.238. The Bertz CT molecular complexity index is 981. The number of hydrogen-bond donors (Lipinski definition) is 1. The van der Waals surface area contributed by atoms with E-state index in [4.69, 9.17) is 14.2 Å². The van der Waals surface area contributed by atoms with Gasteiger partial charge in [0.2, 0.25) is 0 Å². The van der Waals surface area contributed by atoms with Crippen LogP contribution in [0.5, 0.6) is 5.75 Å². The van der Waals surface area contributed by atoms with Gasteiger partial charge < -0.3 is 19.3 Å². The number of carbonyl (C=O) groups is 2. The molecule has 1 aliphatic rings. The highest BCUT2D eigenvalue weighted by Crippen LogP contribution is 2.32. The number of non-ortho nitro benzene ring substituents is 1. The molecular weight excluding hydrogens is 394 g/mol. The quantitative estimate of drug-likeness (QED) is 0.318. The number of benzene rings is 2. The average Bonchev–Trinajstić information content (AvgIpc) is 3.08. The van der Waals surface area contributed by atoms with Gasteiger partial charge in [0.25, 0.3) is 5.69 Å². The van der Waals surface area contributed by atoms with Gasteiger partial charge in [0, 0.05) is 24.1 Å². The molecule has 1 heterocycles. The van der Waals surface area contributed by atoms with Crippen molar-refractivity contribution in [3.8, 4) is 5.75 Å². The number of nitro benzene ring substituents is 1. The Labute approximate surface area is 171 Å². The topological polar surface area (TPSA) is 125 Å². The van der Waals surface area contributed by atoms with Gasteiger partial charge in [-0.05, 0) is 48.0 Å². The Balaban J connectivity index is 1.69. The monoisotopic (exact) mass is 413 g/mol. The molecule has 9 heteroatoms. The van der Waals surface area contributed by atoms with Crippen LogP contribution in [0, 0.1) is 10.1 Å². The highest BCUT2D eigenvalue weighted by Gasteiger charge is 2.44. The highest BCUT2D eigenvalue weighted by molar-refractivity contribution is 5.96. The molecule has 1 aliphatic heterocycles. The van der Waals surface area contributed by atoms with Gasteiger partial charge in [-0.3, -0.25) is 10.1 Å². The molecule has 0 spiro atoms. The van der Waals surface area contributed by atoms with Crippen LogP contribution in [0.15, 0.2) is 54.1 Å². The third-order valence-electron chi connectivity index (χ3n) is 4.61. The van der Waals surface area contributed by atoms with Crippen LogP contribution in [-0.2, 0) is 14.3 Å². The zero-order valence-electron chi connectivity index (χ0n) is 16.1. The second-order valence-electron chi connectivity index (χ2n) is 6.73. The number of aliphatic hydroxyl groups excluding tert-OH is 1. The van der Waals surface area contributed by atoms with Crippen molar-refractivity contribution in [1.82, 2.24) is 0 Å². The van der Waals surface area contributed by atoms with E-state index in [1.54, 1.807) is 12.1 Å². The Morgan fingerprint density at radius 3 is 2.47 bits per heavy atom. The zero-order chi connectivity index (χ0) is 21.7. The van der Waals surface area contributed by atoms with Gasteiger partial charge in [0.05, 0.1) is 24.2 Å². The number of ether oxygens (including phenoxy) is 3. The maximum Gasteiger partial charge on any atom is 0.338 e. The van der Waals surface area contributed by atoms with Gasteiger partial charge in [-0.15, -0.1) is 0 Å². The molecule has 1 N–H and O–H groups in total. The molecule has 0 saturated carbocycles. The number of nitro groups is 1. The summed E-state index contributed by atoms with van der Waals surface area (Å²) in [6.07, 6.45) is 1.55. The first-order valence-corrected chi connectivity index (χ1v) is 8.96. The summed E-state index contributed by atoms with van der Waals surface area (Å²) in [5.74, 6) is -0.693. The Morgan fingerprint density at radius 1 is 1.23 bits per heavy atom. The largest absolute Gasteiger partial charge is 0.497 e. The molecule has 30 heavy (non-hydrogen) atoms. The summed E-state index contributed by atoms with van der Waals surface area (Å²) in [7, 11) is 1.51. The molecule has 9 nitrogen and oxygen atoms in total. The van der Waals surface area contributed by atoms with Crippen molar-refractivity contribution in [3.05, 3.63) is 75.3 Å². The van der Waals surface area contributed by atoms with Crippen molar-refractivity contribution in [3.63, 3.8) is 0 Å². The van der Waals surface area contributed by atoms with Gasteiger partial charge in [-0.25, -0.2) is 9.59 Å². The molecule has 0 bridgehead atoms. The van der Waals surface area contributed by atoms with E-state index in [-0.39, 0.29) is 29.9 Å². The number of rotatable bonds is 7. The molecule has 0 aromatic heterocycles. The molecule has 1 atom stereocenters. The van der Waals surface area contributed by atoms with Crippen molar-refractivity contribution in [2.24, 2.45) is 0 Å². The first-order valence-electron chi connectivity index (χ1n) is 8.96. The summed E-state index contributed by atoms with van der Waals surface area (Å²) in [5, 5.41) is 20.5. The molecule has 1 unspecified atom stereocenters. The molecule has 2 aromatic carbocycles. The van der Waals surface area contributed by atoms with E-state index in [0.29, 0.717) is 11.3 Å². The second kappa shape index (κ2) is 8.75. The fourth-order valence-electron chi connectivity index (χ4n) is 2.94. The number of nitrogens with zero attached hydrogens (tertiary/aromatic N) is 1. The van der Waals surface area contributed by atoms with Crippen LogP contribution in [-0.4, -0.2) is 47.9 Å². The highest BCUT2D eigenvalue weighted by atomic mass is 16.6. The van der Waals surface area contributed by atoms with E-state index in [1.807, 2.05) is 0 Å². The third-order valence-corrected chi connectivity index (χ3v) is 4.61. The molecule has 156 valence electrons. The van der Waals surface area contributed by atoms with E-state index in [1.165, 1.54) is 49.6 Å². The van der Waals surface area contributed by atoms with E-state index in [2.05, 4.69) is 0 Å². The molecule has 1 fully saturated rings. The molecule has 0 amide bonds. The third kappa shape index (κ3) is 4.64. The molecule has 0 radical (unpaired) electrons. The minimum Gasteiger partial charge on any atom is -0.497 e. The van der Waals surface area contributed by atoms with Crippen LogP contribution < -0.4 is 4.74 Å². The number of methoxy groups -OCH3 is 1. The summed E-state index contributed by atoms with van der Waals surface area (Å²) < 4.78 is 15.6. The smallest absolute Gasteiger partial charge is 0.338 e. The van der Waals surface area contributed by atoms with Crippen LogP contribution in [0.2, 0.25) is 0 Å². The predicted octanol–water partition coefficient (Wildman–Crippen LogP) is 2.52. The standard InChI is InChI=1S/C21H19NO8/c1-28-18-8-4-15(5-9-18)19(24)29-13-21(12-23)11-16(20(25)30-21)10-14-2-6-17(7-3-14)22(26)27/h2-10,23H,11-13H2,1H3/b16-10-. The van der Waals surface area contributed by atoms with Crippen molar-refractivity contribution in [2.45, 2.75) is 12.0 Å². The van der Waals surface area contributed by atoms with Gasteiger partial charge in [0.1, 0.15) is 12.4 Å². The Morgan fingerprint density at radius 2 is 1.90 bits per heavy atom. The first kappa shape index (κ1) is 21.0. The van der Waals surface area contributed by atoms with Gasteiger partial charge >= 0.3 is 11.9 Å². The van der Waals surface area contributed by atoms with E-state index in [0.717, 1.165) is 0 Å². The van der Waals surface area contributed by atoms with Crippen molar-refractivity contribution >= 4 is 23.7 Å². The van der Waals surface area contributed by atoms with Crippen molar-refractivity contribution < 1.29 is 33.8 Å². The summed E-state index contributed by atoms with van der Waals surface area (Å²) in [5.41, 5.74) is -0.336. The maximum atomic E-state index is 12.2. The van der Waals surface area contributed by atoms with Crippen LogP contribution in [0.4, 0.5) is 5.69 Å².